The number of nitrogens with zero attached hydrogens (tertiary/aromatic N) is 1. The summed E-state index contributed by atoms with van der Waals surface area (Å²) in [6, 6.07) is 8.41. The molecule has 1 aliphatic rings. The molecule has 0 spiro atoms. The summed E-state index contributed by atoms with van der Waals surface area (Å²) < 4.78 is 0. The maximum absolute atomic E-state index is 12.3. The number of carbonyl (C=O) groups excluding carboxylic acids is 1. The van der Waals surface area contributed by atoms with Crippen molar-refractivity contribution in [2.24, 2.45) is 5.92 Å². The van der Waals surface area contributed by atoms with Crippen LogP contribution in [0.15, 0.2) is 24.3 Å². The van der Waals surface area contributed by atoms with Gasteiger partial charge in [0.15, 0.2) is 0 Å². The number of hydrogen-bond acceptors (Lipinski definition) is 2. The second kappa shape index (κ2) is 7.46. The van der Waals surface area contributed by atoms with Crippen LogP contribution in [0.4, 0.5) is 10.5 Å². The Hall–Kier alpha value is -1.55. The first-order valence-corrected chi connectivity index (χ1v) is 8.03. The highest BCUT2D eigenvalue weighted by Crippen LogP contribution is 2.21. The number of nitrogens with one attached hydrogen (secondary N) is 2. The summed E-state index contributed by atoms with van der Waals surface area (Å²) in [7, 11) is 0. The van der Waals surface area contributed by atoms with Gasteiger partial charge in [0.05, 0.1) is 0 Å². The van der Waals surface area contributed by atoms with Crippen LogP contribution < -0.4 is 10.6 Å². The van der Waals surface area contributed by atoms with Gasteiger partial charge in [-0.25, -0.2) is 4.79 Å². The minimum Gasteiger partial charge on any atom is -0.324 e. The van der Waals surface area contributed by atoms with Crippen molar-refractivity contribution in [3.63, 3.8) is 0 Å². The molecule has 0 saturated carbocycles. The van der Waals surface area contributed by atoms with Crippen molar-refractivity contribution in [2.45, 2.75) is 39.7 Å². The second-order valence-electron chi connectivity index (χ2n) is 5.84. The summed E-state index contributed by atoms with van der Waals surface area (Å²) >= 11 is 0. The van der Waals surface area contributed by atoms with Gasteiger partial charge < -0.3 is 15.5 Å². The third-order valence-corrected chi connectivity index (χ3v) is 4.30. The molecule has 1 aliphatic heterocycles. The number of likely N-dealkylation sites (tertiary alicyclic amines) is 1. The summed E-state index contributed by atoms with van der Waals surface area (Å²) in [5.41, 5.74) is 2.07. The average molecular weight is 289 g/mol. The molecule has 2 N–H and O–H groups in total. The van der Waals surface area contributed by atoms with E-state index in [2.05, 4.69) is 43.5 Å². The highest BCUT2D eigenvalue weighted by molar-refractivity contribution is 5.89. The van der Waals surface area contributed by atoms with Gasteiger partial charge in [0.2, 0.25) is 0 Å². The van der Waals surface area contributed by atoms with Crippen LogP contribution >= 0.6 is 0 Å². The van der Waals surface area contributed by atoms with Crippen molar-refractivity contribution in [3.05, 3.63) is 29.8 Å². The van der Waals surface area contributed by atoms with Crippen molar-refractivity contribution in [1.82, 2.24) is 10.2 Å². The summed E-state index contributed by atoms with van der Waals surface area (Å²) in [6.45, 7) is 9.12. The molecule has 116 valence electrons. The number of urea groups is 1. The van der Waals surface area contributed by atoms with Crippen LogP contribution in [0.25, 0.3) is 0 Å². The van der Waals surface area contributed by atoms with Gasteiger partial charge in [-0.15, -0.1) is 0 Å². The van der Waals surface area contributed by atoms with E-state index < -0.39 is 0 Å². The Morgan fingerprint density at radius 2 is 2.24 bits per heavy atom. The predicted octanol–water partition coefficient (Wildman–Crippen LogP) is 3.62. The van der Waals surface area contributed by atoms with Gasteiger partial charge in [-0.2, -0.15) is 0 Å². The number of amides is 2. The van der Waals surface area contributed by atoms with E-state index >= 15 is 0 Å². The van der Waals surface area contributed by atoms with Gasteiger partial charge in [0.1, 0.15) is 0 Å². The molecule has 1 aromatic carbocycles. The molecule has 2 rings (SSSR count). The van der Waals surface area contributed by atoms with Crippen molar-refractivity contribution in [2.75, 3.05) is 25.0 Å². The highest BCUT2D eigenvalue weighted by Gasteiger charge is 2.24. The van der Waals surface area contributed by atoms with E-state index in [-0.39, 0.29) is 6.03 Å². The van der Waals surface area contributed by atoms with Gasteiger partial charge in [-0.3, -0.25) is 0 Å². The summed E-state index contributed by atoms with van der Waals surface area (Å²) in [4.78, 5) is 14.2. The van der Waals surface area contributed by atoms with Crippen LogP contribution in [-0.2, 0) is 0 Å². The second-order valence-corrected chi connectivity index (χ2v) is 5.84. The molecule has 4 nitrogen and oxygen atoms in total. The molecule has 21 heavy (non-hydrogen) atoms. The van der Waals surface area contributed by atoms with Crippen molar-refractivity contribution in [3.8, 4) is 0 Å². The number of hydrogen-bond donors (Lipinski definition) is 2. The van der Waals surface area contributed by atoms with Crippen LogP contribution in [-0.4, -0.2) is 30.6 Å². The monoisotopic (exact) mass is 289 g/mol. The van der Waals surface area contributed by atoms with E-state index in [1.54, 1.807) is 0 Å². The molecule has 0 aromatic heterocycles. The van der Waals surface area contributed by atoms with Crippen molar-refractivity contribution < 1.29 is 4.79 Å². The number of carbonyl (C=O) groups is 1. The fourth-order valence-electron chi connectivity index (χ4n) is 2.86. The third-order valence-electron chi connectivity index (χ3n) is 4.30. The first-order valence-electron chi connectivity index (χ1n) is 8.03. The molecular weight excluding hydrogens is 262 g/mol. The van der Waals surface area contributed by atoms with Crippen molar-refractivity contribution >= 4 is 11.7 Å². The molecule has 0 radical (unpaired) electrons. The SMILES string of the molecule is CCNC(C)c1cccc(NC(=O)N2CCC(CC)C2)c1. The summed E-state index contributed by atoms with van der Waals surface area (Å²) in [6.07, 6.45) is 2.28. The molecule has 0 bridgehead atoms. The zero-order valence-corrected chi connectivity index (χ0v) is 13.4. The van der Waals surface area contributed by atoms with E-state index in [1.165, 1.54) is 5.56 Å². The smallest absolute Gasteiger partial charge is 0.321 e. The average Bonchev–Trinajstić information content (AvgIpc) is 2.97. The Morgan fingerprint density at radius 1 is 1.43 bits per heavy atom. The van der Waals surface area contributed by atoms with Gasteiger partial charge in [-0.05, 0) is 43.5 Å². The van der Waals surface area contributed by atoms with Crippen LogP contribution in [0.1, 0.15) is 45.2 Å². The lowest BCUT2D eigenvalue weighted by Gasteiger charge is -2.18. The minimum atomic E-state index is 0.0270. The van der Waals surface area contributed by atoms with Crippen LogP contribution in [0, 0.1) is 5.92 Å². The van der Waals surface area contributed by atoms with Crippen LogP contribution in [0.3, 0.4) is 0 Å². The zero-order valence-electron chi connectivity index (χ0n) is 13.4. The van der Waals surface area contributed by atoms with E-state index in [9.17, 15) is 4.79 Å². The van der Waals surface area contributed by atoms with E-state index in [1.807, 2.05) is 17.0 Å². The lowest BCUT2D eigenvalue weighted by atomic mass is 10.1. The first kappa shape index (κ1) is 15.8. The lowest BCUT2D eigenvalue weighted by molar-refractivity contribution is 0.220. The number of rotatable bonds is 5. The molecular formula is C17H27N3O. The van der Waals surface area contributed by atoms with Gasteiger partial charge in [0, 0.05) is 24.8 Å². The Bertz CT molecular complexity index is 475. The summed E-state index contributed by atoms with van der Waals surface area (Å²) in [5.74, 6) is 0.663. The Labute approximate surface area is 127 Å². The normalized spacial score (nSPS) is 19.6. The molecule has 1 fully saturated rings. The Kier molecular flexibility index (Phi) is 5.62. The zero-order chi connectivity index (χ0) is 15.2. The topological polar surface area (TPSA) is 44.4 Å². The number of anilines is 1. The first-order chi connectivity index (χ1) is 10.1. The molecule has 4 heteroatoms. The Morgan fingerprint density at radius 3 is 2.90 bits per heavy atom. The standard InChI is InChI=1S/C17H27N3O/c1-4-14-9-10-20(12-14)17(21)19-16-8-6-7-15(11-16)13(3)18-5-2/h6-8,11,13-14,18H,4-5,9-10,12H2,1-3H3,(H,19,21). The molecule has 1 heterocycles. The van der Waals surface area contributed by atoms with E-state index in [0.29, 0.717) is 12.0 Å². The van der Waals surface area contributed by atoms with Gasteiger partial charge in [-0.1, -0.05) is 32.4 Å². The fourth-order valence-corrected chi connectivity index (χ4v) is 2.86. The predicted molar refractivity (Wildman–Crippen MR) is 87.5 cm³/mol. The fraction of sp³-hybridized carbons (Fsp3) is 0.588. The summed E-state index contributed by atoms with van der Waals surface area (Å²) in [5, 5.41) is 6.41. The quantitative estimate of drug-likeness (QED) is 0.869. The molecule has 1 saturated heterocycles. The van der Waals surface area contributed by atoms with Crippen molar-refractivity contribution in [1.29, 1.82) is 0 Å². The minimum absolute atomic E-state index is 0.0270. The van der Waals surface area contributed by atoms with E-state index in [4.69, 9.17) is 0 Å². The van der Waals surface area contributed by atoms with E-state index in [0.717, 1.165) is 38.2 Å². The van der Waals surface area contributed by atoms with Crippen LogP contribution in [0.2, 0.25) is 0 Å². The number of benzene rings is 1. The van der Waals surface area contributed by atoms with Gasteiger partial charge in [0.25, 0.3) is 0 Å². The molecule has 2 unspecified atom stereocenters. The maximum Gasteiger partial charge on any atom is 0.321 e. The molecule has 2 amide bonds. The largest absolute Gasteiger partial charge is 0.324 e. The van der Waals surface area contributed by atoms with Crippen LogP contribution in [0.5, 0.6) is 0 Å². The Balaban J connectivity index is 1.96. The maximum atomic E-state index is 12.3. The molecule has 1 aromatic rings. The third kappa shape index (κ3) is 4.21. The molecule has 2 atom stereocenters. The highest BCUT2D eigenvalue weighted by atomic mass is 16.2. The molecule has 0 aliphatic carbocycles. The van der Waals surface area contributed by atoms with Gasteiger partial charge >= 0.3 is 6.03 Å². The lowest BCUT2D eigenvalue weighted by Crippen LogP contribution is -2.33.